The Morgan fingerprint density at radius 1 is 1.60 bits per heavy atom. The molecule has 0 bridgehead atoms. The zero-order valence-electron chi connectivity index (χ0n) is 5.03. The van der Waals surface area contributed by atoms with E-state index in [1.165, 1.54) is 6.20 Å². The van der Waals surface area contributed by atoms with Gasteiger partial charge in [-0.2, -0.15) is 5.10 Å². The summed E-state index contributed by atoms with van der Waals surface area (Å²) in [6, 6.07) is 3.22. The van der Waals surface area contributed by atoms with E-state index in [1.54, 1.807) is 12.1 Å². The number of halogens is 1. The van der Waals surface area contributed by atoms with Crippen molar-refractivity contribution in [1.82, 2.24) is 15.6 Å². The predicted molar refractivity (Wildman–Crippen MR) is 32.5 cm³/mol. The van der Waals surface area contributed by atoms with Crippen LogP contribution < -0.4 is 23.5 Å². The highest BCUT2D eigenvalue weighted by atomic mass is 35.5. The average molecular weight is 157 g/mol. The molecule has 0 fully saturated rings. The molecule has 0 aliphatic heterocycles. The number of aromatic nitrogens is 2. The molecule has 10 heavy (non-hydrogen) atoms. The lowest BCUT2D eigenvalue weighted by Gasteiger charge is -1.82. The first-order valence-electron chi connectivity index (χ1n) is 2.40. The second-order valence-electron chi connectivity index (χ2n) is 1.49. The minimum atomic E-state index is -0.303. The van der Waals surface area contributed by atoms with Crippen LogP contribution in [0.15, 0.2) is 18.3 Å². The summed E-state index contributed by atoms with van der Waals surface area (Å²) in [6.07, 6.45) is 1.51. The Kier molecular flexibility index (Phi) is 3.35. The monoisotopic (exact) mass is 156 g/mol. The third-order valence-electron chi connectivity index (χ3n) is 0.835. The summed E-state index contributed by atoms with van der Waals surface area (Å²) < 4.78 is 0. The quantitative estimate of drug-likeness (QED) is 0.333. The Balaban J connectivity index is 0.000000810. The number of nitrogens with zero attached hydrogens (tertiary/aromatic N) is 3. The summed E-state index contributed by atoms with van der Waals surface area (Å²) in [6.45, 7) is 0. The highest BCUT2D eigenvalue weighted by Crippen LogP contribution is 1.85. The average Bonchev–Trinajstić information content (AvgIpc) is 1.90. The molecule has 1 aromatic heterocycles. The van der Waals surface area contributed by atoms with Crippen LogP contribution in [0.25, 0.3) is 0 Å². The molecule has 0 saturated heterocycles. The lowest BCUT2D eigenvalue weighted by atomic mass is 10.4. The lowest BCUT2D eigenvalue weighted by Crippen LogP contribution is -3.00. The Labute approximate surface area is 64.4 Å². The lowest BCUT2D eigenvalue weighted by molar-refractivity contribution is -0.00000224. The maximum Gasteiger partial charge on any atom is 0.395 e. The molecule has 0 unspecified atom stereocenters. The molecule has 2 radical (unpaired) electrons. The van der Waals surface area contributed by atoms with Crippen LogP contribution in [0, 0.1) is 0 Å². The minimum Gasteiger partial charge on any atom is -1.00 e. The van der Waals surface area contributed by atoms with Gasteiger partial charge in [-0.3, -0.25) is 5.73 Å². The largest absolute Gasteiger partial charge is 1.00 e. The molecule has 0 atom stereocenters. The van der Waals surface area contributed by atoms with Gasteiger partial charge in [0.25, 0.3) is 0 Å². The van der Waals surface area contributed by atoms with Gasteiger partial charge in [-0.1, -0.05) is 0 Å². The first-order valence-corrected chi connectivity index (χ1v) is 2.40. The Morgan fingerprint density at radius 3 is 2.60 bits per heavy atom. The molecule has 4 nitrogen and oxygen atoms in total. The van der Waals surface area contributed by atoms with E-state index in [9.17, 15) is 0 Å². The number of rotatable bonds is 1. The molecule has 1 aromatic rings. The van der Waals surface area contributed by atoms with Crippen LogP contribution in [0.4, 0.5) is 0 Å². The van der Waals surface area contributed by atoms with Gasteiger partial charge in [0.15, 0.2) is 11.1 Å². The molecule has 52 valence electrons. The molecule has 1 rings (SSSR count). The normalized spacial score (nSPS) is 8.00. The number of hydrogen-bond donors (Lipinski definition) is 1. The molecule has 0 aliphatic carbocycles. The molecule has 0 spiro atoms. The van der Waals surface area contributed by atoms with Crippen LogP contribution in [0.5, 0.6) is 0 Å². The second kappa shape index (κ2) is 3.79. The molecule has 0 saturated carbocycles. The molecule has 0 aromatic carbocycles. The topological polar surface area (TPSA) is 74.1 Å². The first-order chi connectivity index (χ1) is 4.30. The number of nitrogens with two attached hydrogens (primary N) is 1. The smallest absolute Gasteiger partial charge is 0.395 e. The van der Waals surface area contributed by atoms with Gasteiger partial charge < -0.3 is 12.4 Å². The van der Waals surface area contributed by atoms with Gasteiger partial charge in [0, 0.05) is 6.20 Å². The van der Waals surface area contributed by atoms with Crippen molar-refractivity contribution in [3.63, 3.8) is 0 Å². The van der Waals surface area contributed by atoms with E-state index < -0.39 is 0 Å². The molecule has 1 heterocycles. The van der Waals surface area contributed by atoms with Gasteiger partial charge in [-0.15, -0.1) is 5.10 Å². The fraction of sp³-hybridized carbons (Fsp3) is 0. The fourth-order valence-electron chi connectivity index (χ4n) is 0.438. The van der Waals surface area contributed by atoms with Crippen molar-refractivity contribution in [3.05, 3.63) is 24.0 Å². The molecular weight excluding hydrogens is 152 g/mol. The molecule has 5 heteroatoms. The van der Waals surface area contributed by atoms with Gasteiger partial charge in [0.2, 0.25) is 0 Å². The highest BCUT2D eigenvalue weighted by Gasteiger charge is 2.05. The van der Waals surface area contributed by atoms with Gasteiger partial charge in [-0.25, -0.2) is 0 Å². The van der Waals surface area contributed by atoms with E-state index in [1.807, 2.05) is 0 Å². The highest BCUT2D eigenvalue weighted by molar-refractivity contribution is 5.93. The third-order valence-corrected chi connectivity index (χ3v) is 0.835. The second-order valence-corrected chi connectivity index (χ2v) is 1.49. The van der Waals surface area contributed by atoms with Crippen LogP contribution in [0.1, 0.15) is 5.69 Å². The van der Waals surface area contributed by atoms with Crippen molar-refractivity contribution < 1.29 is 12.4 Å². The van der Waals surface area contributed by atoms with Crippen LogP contribution in [0.2, 0.25) is 0 Å². The SMILES string of the molecule is [Cl-].[N+]=C(N)c1cccnn1. The minimum absolute atomic E-state index is 0. The number of hydrogen-bond acceptors (Lipinski definition) is 2. The van der Waals surface area contributed by atoms with E-state index in [2.05, 4.69) is 10.2 Å². The van der Waals surface area contributed by atoms with E-state index in [0.29, 0.717) is 5.69 Å². The Hall–Kier alpha value is -1.16. The van der Waals surface area contributed by atoms with Crippen LogP contribution >= 0.6 is 0 Å². The van der Waals surface area contributed by atoms with Crippen LogP contribution in [-0.4, -0.2) is 16.0 Å². The Morgan fingerprint density at radius 2 is 2.30 bits per heavy atom. The van der Waals surface area contributed by atoms with E-state index in [4.69, 9.17) is 11.1 Å². The number of amidine groups is 1. The summed E-state index contributed by atoms with van der Waals surface area (Å²) in [5, 5.41) is 15.6. The van der Waals surface area contributed by atoms with Crippen molar-refractivity contribution >= 4 is 5.84 Å². The van der Waals surface area contributed by atoms with E-state index in [0.717, 1.165) is 0 Å². The summed E-state index contributed by atoms with van der Waals surface area (Å²) >= 11 is 0. The fourth-order valence-corrected chi connectivity index (χ4v) is 0.438. The molecule has 0 aliphatic rings. The van der Waals surface area contributed by atoms with Crippen molar-refractivity contribution in [1.29, 1.82) is 0 Å². The standard InChI is InChI=1S/C5H5N4.ClH/c6-5(7)4-2-1-3-8-9-4;/h1-3H,6H2;1H/q+1;/p-1. The summed E-state index contributed by atoms with van der Waals surface area (Å²) in [4.78, 5) is 0. The molecule has 2 N–H and O–H groups in total. The van der Waals surface area contributed by atoms with E-state index in [-0.39, 0.29) is 18.2 Å². The maximum absolute atomic E-state index is 8.62. The van der Waals surface area contributed by atoms with Crippen LogP contribution in [0.3, 0.4) is 0 Å². The summed E-state index contributed by atoms with van der Waals surface area (Å²) in [7, 11) is 0. The zero-order chi connectivity index (χ0) is 6.69. The van der Waals surface area contributed by atoms with Crippen LogP contribution in [-0.2, 0) is 0 Å². The molecule has 0 amide bonds. The summed E-state index contributed by atoms with van der Waals surface area (Å²) in [5.41, 5.74) is 5.29. The predicted octanol–water partition coefficient (Wildman–Crippen LogP) is -4.01. The van der Waals surface area contributed by atoms with Crippen molar-refractivity contribution in [3.8, 4) is 0 Å². The van der Waals surface area contributed by atoms with Gasteiger partial charge in [-0.05, 0) is 12.1 Å². The molecular formula is C5H5ClN4. The van der Waals surface area contributed by atoms with Crippen molar-refractivity contribution in [2.75, 3.05) is 0 Å². The van der Waals surface area contributed by atoms with Gasteiger partial charge in [0.05, 0.1) is 0 Å². The van der Waals surface area contributed by atoms with Crippen molar-refractivity contribution in [2.45, 2.75) is 0 Å². The van der Waals surface area contributed by atoms with Crippen molar-refractivity contribution in [2.24, 2.45) is 5.73 Å². The van der Waals surface area contributed by atoms with Gasteiger partial charge in [0.1, 0.15) is 0 Å². The summed E-state index contributed by atoms with van der Waals surface area (Å²) in [5.74, 6) is -0.303. The van der Waals surface area contributed by atoms with Gasteiger partial charge >= 0.3 is 5.84 Å². The Bertz CT molecular complexity index is 210. The maximum atomic E-state index is 8.62. The van der Waals surface area contributed by atoms with E-state index >= 15 is 0 Å². The zero-order valence-corrected chi connectivity index (χ0v) is 5.78. The first kappa shape index (κ1) is 8.84. The third kappa shape index (κ3) is 1.99.